The van der Waals surface area contributed by atoms with Crippen LogP contribution in [-0.2, 0) is 0 Å². The van der Waals surface area contributed by atoms with Crippen molar-refractivity contribution in [2.45, 2.75) is 19.8 Å². The van der Waals surface area contributed by atoms with E-state index in [1.165, 1.54) is 0 Å². The Labute approximate surface area is 135 Å². The number of rotatable bonds is 5. The molecule has 0 unspecified atom stereocenters. The standard InChI is InChI=1S/C19H19NO3/c1-3-4-11-23-15-10-9-14(20-2)16-17(15)19(22)13-8-6-5-7-12(13)18(16)21/h5-10,20H,3-4,11H2,1-2H3. The van der Waals surface area contributed by atoms with Gasteiger partial charge in [-0.25, -0.2) is 0 Å². The first kappa shape index (κ1) is 15.3. The number of carbonyl (C=O) groups is 2. The highest BCUT2D eigenvalue weighted by Crippen LogP contribution is 2.37. The van der Waals surface area contributed by atoms with Crippen LogP contribution in [0, 0.1) is 0 Å². The maximum absolute atomic E-state index is 12.9. The second-order valence-corrected chi connectivity index (χ2v) is 5.52. The van der Waals surface area contributed by atoms with Crippen molar-refractivity contribution in [1.29, 1.82) is 0 Å². The van der Waals surface area contributed by atoms with Crippen LogP contribution >= 0.6 is 0 Å². The molecular weight excluding hydrogens is 290 g/mol. The quantitative estimate of drug-likeness (QED) is 0.730. The van der Waals surface area contributed by atoms with Gasteiger partial charge in [0.05, 0.1) is 17.7 Å². The lowest BCUT2D eigenvalue weighted by Crippen LogP contribution is -2.23. The van der Waals surface area contributed by atoms with Crippen molar-refractivity contribution in [2.24, 2.45) is 0 Å². The number of hydrogen-bond donors (Lipinski definition) is 1. The molecule has 0 amide bonds. The van der Waals surface area contributed by atoms with Crippen molar-refractivity contribution in [3.05, 3.63) is 58.7 Å². The van der Waals surface area contributed by atoms with Crippen LogP contribution in [0.5, 0.6) is 5.75 Å². The smallest absolute Gasteiger partial charge is 0.198 e. The Hall–Kier alpha value is -2.62. The molecule has 0 fully saturated rings. The molecular formula is C19H19NO3. The molecule has 0 saturated carbocycles. The van der Waals surface area contributed by atoms with Crippen molar-refractivity contribution >= 4 is 17.3 Å². The van der Waals surface area contributed by atoms with E-state index >= 15 is 0 Å². The van der Waals surface area contributed by atoms with E-state index in [2.05, 4.69) is 12.2 Å². The molecule has 1 N–H and O–H groups in total. The number of fused-ring (bicyclic) bond motifs is 2. The Morgan fingerprint density at radius 1 is 0.957 bits per heavy atom. The fourth-order valence-electron chi connectivity index (χ4n) is 2.85. The van der Waals surface area contributed by atoms with E-state index in [4.69, 9.17) is 4.74 Å². The topological polar surface area (TPSA) is 55.4 Å². The molecule has 2 aromatic rings. The maximum Gasteiger partial charge on any atom is 0.198 e. The second kappa shape index (κ2) is 6.24. The van der Waals surface area contributed by atoms with Crippen LogP contribution in [0.25, 0.3) is 0 Å². The maximum atomic E-state index is 12.9. The summed E-state index contributed by atoms with van der Waals surface area (Å²) in [4.78, 5) is 25.8. The fourth-order valence-corrected chi connectivity index (χ4v) is 2.85. The highest BCUT2D eigenvalue weighted by Gasteiger charge is 2.34. The van der Waals surface area contributed by atoms with Crippen LogP contribution in [0.3, 0.4) is 0 Å². The fraction of sp³-hybridized carbons (Fsp3) is 0.263. The van der Waals surface area contributed by atoms with Gasteiger partial charge in [-0.15, -0.1) is 0 Å². The first-order valence-electron chi connectivity index (χ1n) is 7.85. The second-order valence-electron chi connectivity index (χ2n) is 5.52. The van der Waals surface area contributed by atoms with Gasteiger partial charge in [0, 0.05) is 23.9 Å². The number of ketones is 2. The van der Waals surface area contributed by atoms with Crippen LogP contribution in [0.1, 0.15) is 51.6 Å². The summed E-state index contributed by atoms with van der Waals surface area (Å²) < 4.78 is 5.78. The summed E-state index contributed by atoms with van der Waals surface area (Å²) >= 11 is 0. The third-order valence-corrected chi connectivity index (χ3v) is 4.06. The molecule has 0 atom stereocenters. The Morgan fingerprint density at radius 3 is 2.22 bits per heavy atom. The average Bonchev–Trinajstić information content (AvgIpc) is 2.59. The largest absolute Gasteiger partial charge is 0.493 e. The summed E-state index contributed by atoms with van der Waals surface area (Å²) in [6, 6.07) is 10.5. The Morgan fingerprint density at radius 2 is 1.61 bits per heavy atom. The molecule has 23 heavy (non-hydrogen) atoms. The van der Waals surface area contributed by atoms with Gasteiger partial charge >= 0.3 is 0 Å². The van der Waals surface area contributed by atoms with E-state index in [0.717, 1.165) is 12.8 Å². The molecule has 118 valence electrons. The molecule has 0 bridgehead atoms. The first-order chi connectivity index (χ1) is 11.2. The van der Waals surface area contributed by atoms with Gasteiger partial charge in [0.15, 0.2) is 11.6 Å². The Bertz CT molecular complexity index is 780. The van der Waals surface area contributed by atoms with Crippen LogP contribution in [-0.4, -0.2) is 25.2 Å². The average molecular weight is 309 g/mol. The number of anilines is 1. The van der Waals surface area contributed by atoms with Crippen LogP contribution in [0.15, 0.2) is 36.4 Å². The molecule has 0 spiro atoms. The zero-order valence-electron chi connectivity index (χ0n) is 13.3. The lowest BCUT2D eigenvalue weighted by Gasteiger charge is -2.22. The van der Waals surface area contributed by atoms with E-state index < -0.39 is 0 Å². The lowest BCUT2D eigenvalue weighted by atomic mass is 9.82. The van der Waals surface area contributed by atoms with Gasteiger partial charge in [-0.2, -0.15) is 0 Å². The molecule has 4 nitrogen and oxygen atoms in total. The summed E-state index contributed by atoms with van der Waals surface area (Å²) in [5.41, 5.74) is 2.32. The van der Waals surface area contributed by atoms with E-state index in [1.54, 1.807) is 43.4 Å². The normalized spacial score (nSPS) is 12.6. The highest BCUT2D eigenvalue weighted by atomic mass is 16.5. The molecule has 3 rings (SSSR count). The van der Waals surface area contributed by atoms with E-state index in [-0.39, 0.29) is 11.6 Å². The molecule has 0 aliphatic heterocycles. The number of unbranched alkanes of at least 4 members (excludes halogenated alkanes) is 1. The highest BCUT2D eigenvalue weighted by molar-refractivity contribution is 6.31. The molecule has 0 radical (unpaired) electrons. The van der Waals surface area contributed by atoms with Crippen LogP contribution in [0.2, 0.25) is 0 Å². The Balaban J connectivity index is 2.16. The number of nitrogens with one attached hydrogen (secondary N) is 1. The molecule has 1 aliphatic carbocycles. The van der Waals surface area contributed by atoms with E-state index in [0.29, 0.717) is 40.3 Å². The minimum absolute atomic E-state index is 0.138. The van der Waals surface area contributed by atoms with Gasteiger partial charge in [0.1, 0.15) is 5.75 Å². The molecule has 4 heteroatoms. The number of carbonyl (C=O) groups excluding carboxylic acids is 2. The predicted octanol–water partition coefficient (Wildman–Crippen LogP) is 3.68. The molecule has 0 heterocycles. The summed E-state index contributed by atoms with van der Waals surface area (Å²) in [5, 5.41) is 3.00. The van der Waals surface area contributed by atoms with Crippen molar-refractivity contribution in [1.82, 2.24) is 0 Å². The number of ether oxygens (including phenoxy) is 1. The zero-order chi connectivity index (χ0) is 16.4. The lowest BCUT2D eigenvalue weighted by molar-refractivity contribution is 0.0976. The SMILES string of the molecule is CCCCOc1ccc(NC)c2c1C(=O)c1ccccc1C2=O. The number of benzene rings is 2. The van der Waals surface area contributed by atoms with Crippen LogP contribution in [0.4, 0.5) is 5.69 Å². The van der Waals surface area contributed by atoms with E-state index in [1.807, 2.05) is 0 Å². The molecule has 0 aromatic heterocycles. The van der Waals surface area contributed by atoms with Crippen LogP contribution < -0.4 is 10.1 Å². The summed E-state index contributed by atoms with van der Waals surface area (Å²) in [7, 11) is 1.74. The van der Waals surface area contributed by atoms with Crippen molar-refractivity contribution in [2.75, 3.05) is 19.0 Å². The van der Waals surface area contributed by atoms with E-state index in [9.17, 15) is 9.59 Å². The first-order valence-corrected chi connectivity index (χ1v) is 7.85. The monoisotopic (exact) mass is 309 g/mol. The summed E-state index contributed by atoms with van der Waals surface area (Å²) in [5.74, 6) is 0.194. The minimum atomic E-state index is -0.154. The summed E-state index contributed by atoms with van der Waals surface area (Å²) in [6.07, 6.45) is 1.91. The van der Waals surface area contributed by atoms with Gasteiger partial charge in [0.25, 0.3) is 0 Å². The third-order valence-electron chi connectivity index (χ3n) is 4.06. The van der Waals surface area contributed by atoms with Gasteiger partial charge in [-0.1, -0.05) is 37.6 Å². The van der Waals surface area contributed by atoms with Crippen molar-refractivity contribution in [3.8, 4) is 5.75 Å². The summed E-state index contributed by atoms with van der Waals surface area (Å²) in [6.45, 7) is 2.61. The predicted molar refractivity (Wildman–Crippen MR) is 89.7 cm³/mol. The minimum Gasteiger partial charge on any atom is -0.493 e. The molecule has 1 aliphatic rings. The van der Waals surface area contributed by atoms with Gasteiger partial charge < -0.3 is 10.1 Å². The third kappa shape index (κ3) is 2.50. The zero-order valence-corrected chi connectivity index (χ0v) is 13.3. The van der Waals surface area contributed by atoms with Gasteiger partial charge in [-0.05, 0) is 18.6 Å². The van der Waals surface area contributed by atoms with Crippen molar-refractivity contribution in [3.63, 3.8) is 0 Å². The van der Waals surface area contributed by atoms with Crippen molar-refractivity contribution < 1.29 is 14.3 Å². The van der Waals surface area contributed by atoms with Gasteiger partial charge in [0.2, 0.25) is 0 Å². The molecule has 0 saturated heterocycles. The van der Waals surface area contributed by atoms with Gasteiger partial charge in [-0.3, -0.25) is 9.59 Å². The number of hydrogen-bond acceptors (Lipinski definition) is 4. The Kier molecular flexibility index (Phi) is 4.15. The molecule has 2 aromatic carbocycles.